The second kappa shape index (κ2) is 7.82. The summed E-state index contributed by atoms with van der Waals surface area (Å²) in [5.74, 6) is 0.707. The van der Waals surface area contributed by atoms with Gasteiger partial charge in [0.2, 0.25) is 0 Å². The van der Waals surface area contributed by atoms with E-state index >= 15 is 0 Å². The standard InChI is InChI=1S/C16H29NO3Si/c1-16(2,3)21(4,5)20-13-11-18-10-12-19-15-9-7-6-8-14(15)17/h6-9H,10-13,17H2,1-5H3. The van der Waals surface area contributed by atoms with Gasteiger partial charge in [-0.1, -0.05) is 32.9 Å². The molecule has 0 aromatic heterocycles. The number of rotatable bonds is 8. The second-order valence-corrected chi connectivity index (χ2v) is 11.4. The first-order valence-corrected chi connectivity index (χ1v) is 10.3. The highest BCUT2D eigenvalue weighted by Gasteiger charge is 2.36. The molecule has 120 valence electrons. The molecule has 0 saturated heterocycles. The SMILES string of the molecule is CC(C)(C)[Si](C)(C)OCCOCCOc1ccccc1N. The molecule has 0 radical (unpaired) electrons. The predicted octanol–water partition coefficient (Wildman–Crippen LogP) is 3.69. The number of nitrogens with two attached hydrogens (primary N) is 1. The van der Waals surface area contributed by atoms with Gasteiger partial charge in [0, 0.05) is 0 Å². The van der Waals surface area contributed by atoms with Crippen LogP contribution >= 0.6 is 0 Å². The fourth-order valence-corrected chi connectivity index (χ4v) is 2.52. The summed E-state index contributed by atoms with van der Waals surface area (Å²) < 4.78 is 17.1. The number of anilines is 1. The van der Waals surface area contributed by atoms with Gasteiger partial charge in [-0.25, -0.2) is 0 Å². The maximum Gasteiger partial charge on any atom is 0.192 e. The molecule has 0 aliphatic heterocycles. The van der Waals surface area contributed by atoms with Gasteiger partial charge in [-0.15, -0.1) is 0 Å². The lowest BCUT2D eigenvalue weighted by atomic mass is 10.2. The molecule has 0 aliphatic rings. The van der Waals surface area contributed by atoms with Gasteiger partial charge in [-0.05, 0) is 30.3 Å². The van der Waals surface area contributed by atoms with Crippen molar-refractivity contribution in [3.8, 4) is 5.75 Å². The Morgan fingerprint density at radius 2 is 1.62 bits per heavy atom. The Balaban J connectivity index is 2.12. The topological polar surface area (TPSA) is 53.7 Å². The van der Waals surface area contributed by atoms with Crippen molar-refractivity contribution in [2.24, 2.45) is 0 Å². The summed E-state index contributed by atoms with van der Waals surface area (Å²) in [6.45, 7) is 13.5. The first-order chi connectivity index (χ1) is 9.74. The number of nitrogen functional groups attached to an aromatic ring is 1. The van der Waals surface area contributed by atoms with E-state index in [1.165, 1.54) is 0 Å². The first kappa shape index (κ1) is 18.0. The second-order valence-electron chi connectivity index (χ2n) is 6.61. The molecule has 0 unspecified atom stereocenters. The van der Waals surface area contributed by atoms with E-state index in [2.05, 4.69) is 33.9 Å². The molecule has 5 heteroatoms. The zero-order valence-corrected chi connectivity index (χ0v) is 14.9. The van der Waals surface area contributed by atoms with Crippen LogP contribution in [0, 0.1) is 0 Å². The third kappa shape index (κ3) is 6.07. The minimum atomic E-state index is -1.66. The lowest BCUT2D eigenvalue weighted by Crippen LogP contribution is -2.41. The van der Waals surface area contributed by atoms with Crippen molar-refractivity contribution in [2.75, 3.05) is 32.2 Å². The van der Waals surface area contributed by atoms with E-state index in [1.54, 1.807) is 0 Å². The van der Waals surface area contributed by atoms with E-state index in [0.717, 1.165) is 0 Å². The largest absolute Gasteiger partial charge is 0.489 e. The monoisotopic (exact) mass is 311 g/mol. The zero-order valence-electron chi connectivity index (χ0n) is 13.9. The number of hydrogen-bond donors (Lipinski definition) is 1. The molecule has 0 saturated carbocycles. The van der Waals surface area contributed by atoms with Gasteiger partial charge in [-0.3, -0.25) is 0 Å². The van der Waals surface area contributed by atoms with Crippen molar-refractivity contribution in [1.29, 1.82) is 0 Å². The third-order valence-corrected chi connectivity index (χ3v) is 8.44. The summed E-state index contributed by atoms with van der Waals surface area (Å²) in [4.78, 5) is 0. The van der Waals surface area contributed by atoms with Crippen LogP contribution in [0.2, 0.25) is 18.1 Å². The fraction of sp³-hybridized carbons (Fsp3) is 0.625. The number of hydrogen-bond acceptors (Lipinski definition) is 4. The van der Waals surface area contributed by atoms with Gasteiger partial charge >= 0.3 is 0 Å². The highest BCUT2D eigenvalue weighted by Crippen LogP contribution is 2.36. The van der Waals surface area contributed by atoms with E-state index in [9.17, 15) is 0 Å². The molecule has 4 nitrogen and oxygen atoms in total. The molecular weight excluding hydrogens is 282 g/mol. The molecule has 0 atom stereocenters. The Bertz CT molecular complexity index is 430. The summed E-state index contributed by atoms with van der Waals surface area (Å²) in [7, 11) is -1.66. The Morgan fingerprint density at radius 1 is 1.00 bits per heavy atom. The molecule has 0 spiro atoms. The number of benzene rings is 1. The van der Waals surface area contributed by atoms with Gasteiger partial charge in [-0.2, -0.15) is 0 Å². The van der Waals surface area contributed by atoms with Crippen LogP contribution in [0.25, 0.3) is 0 Å². The molecule has 1 aromatic carbocycles. The van der Waals surface area contributed by atoms with Crippen LogP contribution in [0.1, 0.15) is 20.8 Å². The van der Waals surface area contributed by atoms with Crippen molar-refractivity contribution >= 4 is 14.0 Å². The van der Waals surface area contributed by atoms with Crippen molar-refractivity contribution in [3.05, 3.63) is 24.3 Å². The fourth-order valence-electron chi connectivity index (χ4n) is 1.50. The molecule has 0 heterocycles. The van der Waals surface area contributed by atoms with Gasteiger partial charge in [0.1, 0.15) is 12.4 Å². The summed E-state index contributed by atoms with van der Waals surface area (Å²) in [6.07, 6.45) is 0. The van der Waals surface area contributed by atoms with Crippen molar-refractivity contribution in [3.63, 3.8) is 0 Å². The predicted molar refractivity (Wildman–Crippen MR) is 90.3 cm³/mol. The van der Waals surface area contributed by atoms with Crippen molar-refractivity contribution in [2.45, 2.75) is 38.9 Å². The molecule has 0 amide bonds. The summed E-state index contributed by atoms with van der Waals surface area (Å²) in [6, 6.07) is 7.47. The first-order valence-electron chi connectivity index (χ1n) is 7.43. The van der Waals surface area contributed by atoms with Crippen LogP contribution < -0.4 is 10.5 Å². The lowest BCUT2D eigenvalue weighted by Gasteiger charge is -2.36. The molecule has 1 aromatic rings. The molecular formula is C16H29NO3Si. The van der Waals surface area contributed by atoms with E-state index in [1.807, 2.05) is 24.3 Å². The highest BCUT2D eigenvalue weighted by atomic mass is 28.4. The van der Waals surface area contributed by atoms with Gasteiger partial charge in [0.05, 0.1) is 25.5 Å². The van der Waals surface area contributed by atoms with Crippen LogP contribution in [0.5, 0.6) is 5.75 Å². The van der Waals surface area contributed by atoms with Crippen LogP contribution in [-0.2, 0) is 9.16 Å². The summed E-state index contributed by atoms with van der Waals surface area (Å²) >= 11 is 0. The van der Waals surface area contributed by atoms with Crippen LogP contribution in [-0.4, -0.2) is 34.7 Å². The minimum Gasteiger partial charge on any atom is -0.489 e. The highest BCUT2D eigenvalue weighted by molar-refractivity contribution is 6.74. The maximum absolute atomic E-state index is 6.03. The van der Waals surface area contributed by atoms with E-state index < -0.39 is 8.32 Å². The molecule has 21 heavy (non-hydrogen) atoms. The average Bonchev–Trinajstić information content (AvgIpc) is 2.38. The third-order valence-electron chi connectivity index (χ3n) is 3.90. The van der Waals surface area contributed by atoms with Gasteiger partial charge in [0.25, 0.3) is 0 Å². The molecule has 0 aliphatic carbocycles. The lowest BCUT2D eigenvalue weighted by molar-refractivity contribution is 0.0732. The van der Waals surface area contributed by atoms with E-state index in [-0.39, 0.29) is 5.04 Å². The van der Waals surface area contributed by atoms with Crippen LogP contribution in [0.4, 0.5) is 5.69 Å². The number of ether oxygens (including phenoxy) is 2. The summed E-state index contributed by atoms with van der Waals surface area (Å²) in [5, 5.41) is 0.237. The van der Waals surface area contributed by atoms with Crippen molar-refractivity contribution < 1.29 is 13.9 Å². The molecule has 0 bridgehead atoms. The van der Waals surface area contributed by atoms with Crippen molar-refractivity contribution in [1.82, 2.24) is 0 Å². The normalized spacial score (nSPS) is 12.4. The van der Waals surface area contributed by atoms with E-state index in [4.69, 9.17) is 19.6 Å². The molecule has 0 fully saturated rings. The van der Waals surface area contributed by atoms with Gasteiger partial charge in [0.15, 0.2) is 8.32 Å². The summed E-state index contributed by atoms with van der Waals surface area (Å²) in [5.41, 5.74) is 6.44. The zero-order chi connectivity index (χ0) is 15.9. The molecule has 2 N–H and O–H groups in total. The molecule has 1 rings (SSSR count). The van der Waals surface area contributed by atoms with E-state index in [0.29, 0.717) is 37.9 Å². The number of para-hydroxylation sites is 2. The Morgan fingerprint density at radius 3 is 2.24 bits per heavy atom. The Labute approximate surface area is 129 Å². The Hall–Kier alpha value is -1.04. The Kier molecular flexibility index (Phi) is 6.71. The quantitative estimate of drug-likeness (QED) is 0.452. The van der Waals surface area contributed by atoms with Gasteiger partial charge < -0.3 is 19.6 Å². The average molecular weight is 311 g/mol. The van der Waals surface area contributed by atoms with Crippen LogP contribution in [0.3, 0.4) is 0 Å². The maximum atomic E-state index is 6.03. The smallest absolute Gasteiger partial charge is 0.192 e. The minimum absolute atomic E-state index is 0.237. The van der Waals surface area contributed by atoms with Crippen LogP contribution in [0.15, 0.2) is 24.3 Å².